The van der Waals surface area contributed by atoms with Gasteiger partial charge in [0.25, 0.3) is 0 Å². The van der Waals surface area contributed by atoms with Crippen molar-refractivity contribution in [2.45, 2.75) is 13.0 Å². The van der Waals surface area contributed by atoms with Gasteiger partial charge in [-0.3, -0.25) is 0 Å². The molecular formula is C8H13N3OS. The molecule has 0 aliphatic heterocycles. The third-order valence-corrected chi connectivity index (χ3v) is 1.87. The van der Waals surface area contributed by atoms with Crippen LogP contribution < -0.4 is 5.73 Å². The van der Waals surface area contributed by atoms with Crippen LogP contribution in [-0.4, -0.2) is 28.3 Å². The first kappa shape index (κ1) is 10.1. The summed E-state index contributed by atoms with van der Waals surface area (Å²) >= 11 is 4.85. The SMILES string of the molecule is COCCCn1ccnc1C(N)=S. The third kappa shape index (κ3) is 2.78. The number of thiocarbonyl (C=S) groups is 1. The van der Waals surface area contributed by atoms with E-state index < -0.39 is 0 Å². The van der Waals surface area contributed by atoms with Gasteiger partial charge in [0, 0.05) is 32.7 Å². The molecule has 1 aromatic rings. The van der Waals surface area contributed by atoms with Gasteiger partial charge in [0.1, 0.15) is 4.99 Å². The van der Waals surface area contributed by atoms with Gasteiger partial charge in [-0.05, 0) is 6.42 Å². The van der Waals surface area contributed by atoms with Crippen LogP contribution in [0, 0.1) is 0 Å². The number of imidazole rings is 1. The molecule has 0 fully saturated rings. The van der Waals surface area contributed by atoms with Gasteiger partial charge in [-0.1, -0.05) is 12.2 Å². The zero-order valence-corrected chi connectivity index (χ0v) is 8.38. The first-order valence-electron chi connectivity index (χ1n) is 4.05. The van der Waals surface area contributed by atoms with E-state index in [1.165, 1.54) is 0 Å². The molecule has 0 spiro atoms. The quantitative estimate of drug-likeness (QED) is 0.556. The molecule has 1 aromatic heterocycles. The number of hydrogen-bond acceptors (Lipinski definition) is 3. The van der Waals surface area contributed by atoms with Crippen molar-refractivity contribution in [3.05, 3.63) is 18.2 Å². The molecule has 0 radical (unpaired) electrons. The summed E-state index contributed by atoms with van der Waals surface area (Å²) in [5.74, 6) is 0.672. The number of methoxy groups -OCH3 is 1. The Morgan fingerprint density at radius 1 is 1.77 bits per heavy atom. The van der Waals surface area contributed by atoms with E-state index in [0.717, 1.165) is 19.6 Å². The second kappa shape index (κ2) is 4.94. The highest BCUT2D eigenvalue weighted by molar-refractivity contribution is 7.80. The number of nitrogens with two attached hydrogens (primary N) is 1. The van der Waals surface area contributed by atoms with Crippen molar-refractivity contribution in [3.63, 3.8) is 0 Å². The summed E-state index contributed by atoms with van der Waals surface area (Å²) < 4.78 is 6.87. The molecule has 0 aromatic carbocycles. The summed E-state index contributed by atoms with van der Waals surface area (Å²) in [7, 11) is 1.68. The normalized spacial score (nSPS) is 10.2. The van der Waals surface area contributed by atoms with E-state index in [1.54, 1.807) is 13.3 Å². The number of aryl methyl sites for hydroxylation is 1. The second-order valence-corrected chi connectivity index (χ2v) is 3.09. The average Bonchev–Trinajstić information content (AvgIpc) is 2.53. The van der Waals surface area contributed by atoms with Gasteiger partial charge < -0.3 is 15.0 Å². The highest BCUT2D eigenvalue weighted by Gasteiger charge is 2.03. The monoisotopic (exact) mass is 199 g/mol. The standard InChI is InChI=1S/C8H13N3OS/c1-12-6-2-4-11-5-3-10-8(11)7(9)13/h3,5H,2,4,6H2,1H3,(H2,9,13). The van der Waals surface area contributed by atoms with E-state index in [0.29, 0.717) is 10.8 Å². The first-order chi connectivity index (χ1) is 6.25. The summed E-state index contributed by atoms with van der Waals surface area (Å²) in [5.41, 5.74) is 5.48. The van der Waals surface area contributed by atoms with E-state index in [1.807, 2.05) is 10.8 Å². The van der Waals surface area contributed by atoms with E-state index in [-0.39, 0.29) is 0 Å². The molecule has 0 aliphatic rings. The van der Waals surface area contributed by atoms with Crippen molar-refractivity contribution in [1.29, 1.82) is 0 Å². The molecule has 1 rings (SSSR count). The lowest BCUT2D eigenvalue weighted by Gasteiger charge is -2.05. The summed E-state index contributed by atoms with van der Waals surface area (Å²) in [5, 5.41) is 0. The minimum Gasteiger partial charge on any atom is -0.387 e. The molecular weight excluding hydrogens is 186 g/mol. The van der Waals surface area contributed by atoms with E-state index in [9.17, 15) is 0 Å². The van der Waals surface area contributed by atoms with Gasteiger partial charge in [-0.15, -0.1) is 0 Å². The molecule has 4 nitrogen and oxygen atoms in total. The zero-order valence-electron chi connectivity index (χ0n) is 7.56. The molecule has 0 amide bonds. The highest BCUT2D eigenvalue weighted by atomic mass is 32.1. The number of nitrogens with zero attached hydrogens (tertiary/aromatic N) is 2. The van der Waals surface area contributed by atoms with Gasteiger partial charge >= 0.3 is 0 Å². The van der Waals surface area contributed by atoms with Crippen LogP contribution in [-0.2, 0) is 11.3 Å². The fraction of sp³-hybridized carbons (Fsp3) is 0.500. The minimum absolute atomic E-state index is 0.336. The van der Waals surface area contributed by atoms with Crippen LogP contribution in [0.2, 0.25) is 0 Å². The summed E-state index contributed by atoms with van der Waals surface area (Å²) in [6.45, 7) is 1.56. The number of aromatic nitrogens is 2. The van der Waals surface area contributed by atoms with Crippen LogP contribution in [0.25, 0.3) is 0 Å². The van der Waals surface area contributed by atoms with Gasteiger partial charge in [-0.2, -0.15) is 0 Å². The number of ether oxygens (including phenoxy) is 1. The van der Waals surface area contributed by atoms with E-state index in [2.05, 4.69) is 4.98 Å². The van der Waals surface area contributed by atoms with Crippen molar-refractivity contribution in [1.82, 2.24) is 9.55 Å². The van der Waals surface area contributed by atoms with Crippen LogP contribution in [0.4, 0.5) is 0 Å². The predicted octanol–water partition coefficient (Wildman–Crippen LogP) is 0.554. The highest BCUT2D eigenvalue weighted by Crippen LogP contribution is 1.99. The van der Waals surface area contributed by atoms with Crippen LogP contribution in [0.3, 0.4) is 0 Å². The fourth-order valence-corrected chi connectivity index (χ4v) is 1.26. The third-order valence-electron chi connectivity index (χ3n) is 1.68. The van der Waals surface area contributed by atoms with Gasteiger partial charge in [0.05, 0.1) is 0 Å². The van der Waals surface area contributed by atoms with E-state index in [4.69, 9.17) is 22.7 Å². The van der Waals surface area contributed by atoms with Gasteiger partial charge in [0.2, 0.25) is 0 Å². The maximum atomic E-state index is 5.48. The molecule has 5 heteroatoms. The average molecular weight is 199 g/mol. The maximum absolute atomic E-state index is 5.48. The van der Waals surface area contributed by atoms with Crippen LogP contribution in [0.5, 0.6) is 0 Å². The lowest BCUT2D eigenvalue weighted by atomic mass is 10.4. The van der Waals surface area contributed by atoms with Crippen LogP contribution in [0.1, 0.15) is 12.2 Å². The van der Waals surface area contributed by atoms with Crippen molar-refractivity contribution in [3.8, 4) is 0 Å². The van der Waals surface area contributed by atoms with Crippen molar-refractivity contribution < 1.29 is 4.74 Å². The van der Waals surface area contributed by atoms with Crippen LogP contribution in [0.15, 0.2) is 12.4 Å². The lowest BCUT2D eigenvalue weighted by Crippen LogP contribution is -2.17. The van der Waals surface area contributed by atoms with Crippen molar-refractivity contribution in [2.24, 2.45) is 5.73 Å². The molecule has 72 valence electrons. The van der Waals surface area contributed by atoms with Crippen LogP contribution >= 0.6 is 12.2 Å². The number of rotatable bonds is 5. The molecule has 0 unspecified atom stereocenters. The number of hydrogen-bond donors (Lipinski definition) is 1. The minimum atomic E-state index is 0.336. The fourth-order valence-electron chi connectivity index (χ4n) is 1.09. The van der Waals surface area contributed by atoms with Crippen molar-refractivity contribution >= 4 is 17.2 Å². The zero-order chi connectivity index (χ0) is 9.68. The maximum Gasteiger partial charge on any atom is 0.167 e. The van der Waals surface area contributed by atoms with Gasteiger partial charge in [-0.25, -0.2) is 4.98 Å². The lowest BCUT2D eigenvalue weighted by molar-refractivity contribution is 0.190. The molecule has 0 bridgehead atoms. The molecule has 2 N–H and O–H groups in total. The Hall–Kier alpha value is -0.940. The molecule has 13 heavy (non-hydrogen) atoms. The Balaban J connectivity index is 2.55. The molecule has 0 atom stereocenters. The summed E-state index contributed by atoms with van der Waals surface area (Å²) in [4.78, 5) is 4.39. The molecule has 0 aliphatic carbocycles. The molecule has 0 saturated carbocycles. The molecule has 0 saturated heterocycles. The topological polar surface area (TPSA) is 53.1 Å². The van der Waals surface area contributed by atoms with Crippen molar-refractivity contribution in [2.75, 3.05) is 13.7 Å². The smallest absolute Gasteiger partial charge is 0.167 e. The second-order valence-electron chi connectivity index (χ2n) is 2.65. The van der Waals surface area contributed by atoms with E-state index >= 15 is 0 Å². The summed E-state index contributed by atoms with van der Waals surface area (Å²) in [6.07, 6.45) is 4.49. The summed E-state index contributed by atoms with van der Waals surface area (Å²) in [6, 6.07) is 0. The Kier molecular flexibility index (Phi) is 3.85. The Morgan fingerprint density at radius 3 is 3.15 bits per heavy atom. The Bertz CT molecular complexity index is 285. The first-order valence-corrected chi connectivity index (χ1v) is 4.46. The Labute approximate surface area is 82.7 Å². The Morgan fingerprint density at radius 2 is 2.54 bits per heavy atom. The largest absolute Gasteiger partial charge is 0.387 e. The molecule has 1 heterocycles. The van der Waals surface area contributed by atoms with Gasteiger partial charge in [0.15, 0.2) is 5.82 Å². The predicted molar refractivity (Wildman–Crippen MR) is 54.6 cm³/mol.